The number of nitrogens with one attached hydrogen (secondary N) is 2. The molecule has 1 aromatic heterocycles. The molecule has 0 saturated carbocycles. The van der Waals surface area contributed by atoms with Crippen molar-refractivity contribution in [2.75, 3.05) is 50.1 Å². The van der Waals surface area contributed by atoms with Crippen LogP contribution < -0.4 is 15.3 Å². The summed E-state index contributed by atoms with van der Waals surface area (Å²) in [6.45, 7) is 2.93. The number of halogens is 1. The van der Waals surface area contributed by atoms with Crippen molar-refractivity contribution in [1.82, 2.24) is 10.2 Å². The average molecular weight is 501 g/mol. The third-order valence-electron chi connectivity index (χ3n) is 5.42. The fourth-order valence-corrected chi connectivity index (χ4v) is 3.79. The molecule has 0 spiro atoms. The van der Waals surface area contributed by atoms with Gasteiger partial charge in [0, 0.05) is 19.5 Å². The monoisotopic (exact) mass is 500 g/mol. The molecule has 0 aliphatic carbocycles. The molecule has 1 saturated heterocycles. The molecule has 2 N–H and O–H groups in total. The summed E-state index contributed by atoms with van der Waals surface area (Å²) >= 11 is 6.08. The molecule has 0 radical (unpaired) electrons. The molecule has 0 bridgehead atoms. The molecule has 2 heterocycles. The Labute approximate surface area is 207 Å². The third-order valence-corrected chi connectivity index (χ3v) is 5.75. The van der Waals surface area contributed by atoms with Crippen LogP contribution in [0.4, 0.5) is 16.4 Å². The number of anilines is 2. The molecule has 1 unspecified atom stereocenters. The summed E-state index contributed by atoms with van der Waals surface area (Å²) in [5.41, 5.74) is 1.51. The Morgan fingerprint density at radius 1 is 1.09 bits per heavy atom. The Morgan fingerprint density at radius 3 is 2.60 bits per heavy atom. The quantitative estimate of drug-likeness (QED) is 0.343. The van der Waals surface area contributed by atoms with Crippen molar-refractivity contribution in [1.29, 1.82) is 0 Å². The summed E-state index contributed by atoms with van der Waals surface area (Å²) < 4.78 is 17.7. The van der Waals surface area contributed by atoms with Crippen LogP contribution in [0.3, 0.4) is 0 Å². The van der Waals surface area contributed by atoms with E-state index in [1.807, 2.05) is 35.2 Å². The Balaban J connectivity index is 1.38. The maximum Gasteiger partial charge on any atom is 0.326 e. The van der Waals surface area contributed by atoms with Crippen LogP contribution in [0, 0.1) is 0 Å². The van der Waals surface area contributed by atoms with Crippen molar-refractivity contribution < 1.29 is 28.3 Å². The van der Waals surface area contributed by atoms with Crippen molar-refractivity contribution in [3.05, 3.63) is 71.4 Å². The van der Waals surface area contributed by atoms with Crippen molar-refractivity contribution in [2.45, 2.75) is 12.5 Å². The lowest BCUT2D eigenvalue weighted by atomic mass is 10.1. The van der Waals surface area contributed by atoms with E-state index in [1.54, 1.807) is 35.1 Å². The lowest BCUT2D eigenvalue weighted by Gasteiger charge is -2.25. The van der Waals surface area contributed by atoms with Gasteiger partial charge in [-0.1, -0.05) is 54.1 Å². The van der Waals surface area contributed by atoms with Crippen LogP contribution >= 0.6 is 11.6 Å². The van der Waals surface area contributed by atoms with Crippen molar-refractivity contribution >= 4 is 35.2 Å². The van der Waals surface area contributed by atoms with E-state index in [9.17, 15) is 9.59 Å². The summed E-state index contributed by atoms with van der Waals surface area (Å²) in [7, 11) is 0. The van der Waals surface area contributed by atoms with Gasteiger partial charge in [-0.2, -0.15) is 0 Å². The molecular formula is C24H27ClN5O5+. The molecule has 11 heteroatoms. The highest BCUT2D eigenvalue weighted by atomic mass is 35.5. The first-order valence-electron chi connectivity index (χ1n) is 11.3. The van der Waals surface area contributed by atoms with E-state index in [0.717, 1.165) is 5.56 Å². The zero-order valence-electron chi connectivity index (χ0n) is 19.1. The fourth-order valence-electron chi connectivity index (χ4n) is 3.61. The van der Waals surface area contributed by atoms with Crippen LogP contribution in [-0.2, 0) is 20.7 Å². The van der Waals surface area contributed by atoms with Crippen LogP contribution in [0.15, 0.2) is 65.3 Å². The van der Waals surface area contributed by atoms with Gasteiger partial charge in [-0.25, -0.2) is 4.79 Å². The number of ether oxygens (including phenoxy) is 2. The first kappa shape index (κ1) is 24.6. The van der Waals surface area contributed by atoms with E-state index < -0.39 is 6.03 Å². The van der Waals surface area contributed by atoms with Crippen molar-refractivity contribution in [3.8, 4) is 0 Å². The Bertz CT molecular complexity index is 1120. The molecule has 1 aliphatic heterocycles. The average Bonchev–Trinajstić information content (AvgIpc) is 3.32. The number of morpholine rings is 1. The van der Waals surface area contributed by atoms with Crippen LogP contribution in [-0.4, -0.2) is 61.6 Å². The summed E-state index contributed by atoms with van der Waals surface area (Å²) in [5.74, 6) is -0.182. The minimum atomic E-state index is -0.530. The summed E-state index contributed by atoms with van der Waals surface area (Å²) in [6.07, 6.45) is 2.10. The normalized spacial score (nSPS) is 14.8. The van der Waals surface area contributed by atoms with Gasteiger partial charge in [0.15, 0.2) is 6.61 Å². The summed E-state index contributed by atoms with van der Waals surface area (Å²) in [5, 5.41) is 9.70. The Morgan fingerprint density at radius 2 is 1.83 bits per heavy atom. The summed E-state index contributed by atoms with van der Waals surface area (Å²) in [6, 6.07) is 15.8. The predicted octanol–water partition coefficient (Wildman–Crippen LogP) is 2.92. The van der Waals surface area contributed by atoms with Crippen LogP contribution in [0.5, 0.6) is 0 Å². The minimum absolute atomic E-state index is 0.0977. The first-order valence-corrected chi connectivity index (χ1v) is 11.6. The maximum atomic E-state index is 12.4. The first-order chi connectivity index (χ1) is 17.1. The molecule has 1 atom stereocenters. The second-order valence-electron chi connectivity index (χ2n) is 8.02. The van der Waals surface area contributed by atoms with Crippen LogP contribution in [0.25, 0.3) is 0 Å². The lowest BCUT2D eigenvalue weighted by Crippen LogP contribution is -2.45. The maximum absolute atomic E-state index is 12.4. The van der Waals surface area contributed by atoms with Gasteiger partial charge in [-0.3, -0.25) is 19.5 Å². The Hall–Kier alpha value is -3.47. The van der Waals surface area contributed by atoms with Crippen LogP contribution in [0.1, 0.15) is 11.6 Å². The number of nitrogens with zero attached hydrogens (tertiary/aromatic N) is 3. The van der Waals surface area contributed by atoms with E-state index in [4.69, 9.17) is 25.6 Å². The molecule has 1 fully saturated rings. The van der Waals surface area contributed by atoms with E-state index in [1.165, 1.54) is 0 Å². The molecule has 2 amide bonds. The molecule has 1 aliphatic rings. The fraction of sp³-hybridized carbons (Fsp3) is 0.333. The number of amides is 2. The number of benzene rings is 2. The van der Waals surface area contributed by atoms with Gasteiger partial charge in [0.1, 0.15) is 0 Å². The molecule has 184 valence electrons. The number of hydrogen-bond acceptors (Lipinski definition) is 7. The SMILES string of the molecule is O=C(Nc1c[n+](C(COC(=O)CN2CCOCC2)Cc2ccccc2)no1)Nc1ccccc1Cl. The van der Waals surface area contributed by atoms with E-state index >= 15 is 0 Å². The van der Waals surface area contributed by atoms with Crippen molar-refractivity contribution in [3.63, 3.8) is 0 Å². The molecule has 4 rings (SSSR count). The van der Waals surface area contributed by atoms with Gasteiger partial charge in [0.2, 0.25) is 11.3 Å². The number of rotatable bonds is 9. The lowest BCUT2D eigenvalue weighted by molar-refractivity contribution is -0.785. The standard InChI is InChI=1S/C24H26ClN5O5/c25-20-8-4-5-9-21(20)26-24(32)27-22-15-30(28-35-22)19(14-18-6-2-1-3-7-18)17-34-23(31)16-29-10-12-33-13-11-29/h1-9,15,19H,10-14,16-17H2,(H-,26,27,28,32)/p+1. The van der Waals surface area contributed by atoms with E-state index in [2.05, 4.69) is 15.9 Å². The molecule has 2 aromatic carbocycles. The Kier molecular flexibility index (Phi) is 8.66. The molecule has 3 aromatic rings. The second kappa shape index (κ2) is 12.3. The third kappa shape index (κ3) is 7.51. The van der Waals surface area contributed by atoms with Gasteiger partial charge in [0.25, 0.3) is 6.20 Å². The smallest absolute Gasteiger partial charge is 0.326 e. The number of esters is 1. The van der Waals surface area contributed by atoms with Gasteiger partial charge in [-0.05, 0) is 22.4 Å². The zero-order chi connectivity index (χ0) is 24.5. The number of carbonyl (C=O) groups excluding carboxylic acids is 2. The van der Waals surface area contributed by atoms with Crippen molar-refractivity contribution in [2.24, 2.45) is 0 Å². The number of aromatic nitrogens is 2. The highest BCUT2D eigenvalue weighted by molar-refractivity contribution is 6.33. The number of para-hydroxylation sites is 1. The molecule has 35 heavy (non-hydrogen) atoms. The molecular weight excluding hydrogens is 474 g/mol. The highest BCUT2D eigenvalue weighted by Crippen LogP contribution is 2.20. The van der Waals surface area contributed by atoms with Crippen LogP contribution in [0.2, 0.25) is 5.02 Å². The predicted molar refractivity (Wildman–Crippen MR) is 128 cm³/mol. The highest BCUT2D eigenvalue weighted by Gasteiger charge is 2.28. The summed E-state index contributed by atoms with van der Waals surface area (Å²) in [4.78, 5) is 26.8. The number of carbonyl (C=O) groups is 2. The van der Waals surface area contributed by atoms with Gasteiger partial charge in [0.05, 0.1) is 30.5 Å². The number of hydrogen-bond donors (Lipinski definition) is 2. The van der Waals surface area contributed by atoms with E-state index in [0.29, 0.717) is 43.4 Å². The zero-order valence-corrected chi connectivity index (χ0v) is 19.8. The van der Waals surface area contributed by atoms with Gasteiger partial charge < -0.3 is 14.8 Å². The second-order valence-corrected chi connectivity index (χ2v) is 8.43. The largest absolute Gasteiger partial charge is 0.458 e. The number of urea groups is 1. The van der Waals surface area contributed by atoms with Gasteiger partial charge in [-0.15, -0.1) is 0 Å². The topological polar surface area (TPSA) is 110 Å². The van der Waals surface area contributed by atoms with E-state index in [-0.39, 0.29) is 31.0 Å². The molecule has 10 nitrogen and oxygen atoms in total. The van der Waals surface area contributed by atoms with Gasteiger partial charge >= 0.3 is 17.9 Å². The minimum Gasteiger partial charge on any atom is -0.458 e.